The number of rotatable bonds is 4. The summed E-state index contributed by atoms with van der Waals surface area (Å²) >= 11 is 7.69. The van der Waals surface area contributed by atoms with Crippen LogP contribution in [0.4, 0.5) is 0 Å². The Labute approximate surface area is 169 Å². The molecule has 0 aliphatic carbocycles. The molecule has 0 amide bonds. The first kappa shape index (κ1) is 18.8. The van der Waals surface area contributed by atoms with Crippen molar-refractivity contribution >= 4 is 38.4 Å². The molecule has 0 bridgehead atoms. The van der Waals surface area contributed by atoms with Crippen molar-refractivity contribution in [3.8, 4) is 0 Å². The third-order valence-electron chi connectivity index (χ3n) is 5.10. The van der Waals surface area contributed by atoms with Crippen LogP contribution in [-0.2, 0) is 22.1 Å². The van der Waals surface area contributed by atoms with Gasteiger partial charge in [0, 0.05) is 17.3 Å². The Morgan fingerprint density at radius 1 is 1.15 bits per heavy atom. The van der Waals surface area contributed by atoms with Gasteiger partial charge in [-0.05, 0) is 35.7 Å². The molecule has 2 aromatic carbocycles. The Morgan fingerprint density at radius 3 is 2.63 bits per heavy atom. The largest absolute Gasteiger partial charge is 0.341 e. The van der Waals surface area contributed by atoms with Crippen molar-refractivity contribution in [1.82, 2.24) is 4.90 Å². The molecule has 2 heterocycles. The first-order valence-electron chi connectivity index (χ1n) is 8.88. The van der Waals surface area contributed by atoms with Gasteiger partial charge < -0.3 is 4.90 Å². The molecule has 0 spiro atoms. The molecule has 0 saturated carbocycles. The van der Waals surface area contributed by atoms with Crippen LogP contribution in [0.25, 0.3) is 0 Å². The Kier molecular flexibility index (Phi) is 5.23. The van der Waals surface area contributed by atoms with Crippen molar-refractivity contribution in [3.63, 3.8) is 0 Å². The lowest BCUT2D eigenvalue weighted by Crippen LogP contribution is -2.38. The zero-order chi connectivity index (χ0) is 19.0. The molecule has 4 nitrogen and oxygen atoms in total. The van der Waals surface area contributed by atoms with E-state index in [1.807, 2.05) is 36.4 Å². The maximum atomic E-state index is 12.1. The number of thioether (sulfide) groups is 1. The van der Waals surface area contributed by atoms with Crippen molar-refractivity contribution in [2.24, 2.45) is 4.99 Å². The highest BCUT2D eigenvalue weighted by Crippen LogP contribution is 2.33. The average Bonchev–Trinajstić information content (AvgIpc) is 3.08. The maximum absolute atomic E-state index is 12.1. The second-order valence-electron chi connectivity index (χ2n) is 7.09. The number of aryl methyl sites for hydroxylation is 1. The SMILES string of the molecule is Cc1ccccc1CSC1=NC2CS(=O)(=O)CC2N1Cc1ccc(Cl)cc1. The van der Waals surface area contributed by atoms with E-state index in [9.17, 15) is 8.42 Å². The third-order valence-corrected chi connectivity index (χ3v) is 8.10. The van der Waals surface area contributed by atoms with E-state index in [4.69, 9.17) is 16.6 Å². The predicted octanol–water partition coefficient (Wildman–Crippen LogP) is 3.92. The summed E-state index contributed by atoms with van der Waals surface area (Å²) < 4.78 is 24.2. The molecule has 1 fully saturated rings. The highest BCUT2D eigenvalue weighted by molar-refractivity contribution is 8.13. The van der Waals surface area contributed by atoms with Gasteiger partial charge in [0.25, 0.3) is 0 Å². The van der Waals surface area contributed by atoms with Crippen LogP contribution in [-0.4, -0.2) is 42.1 Å². The Balaban J connectivity index is 1.55. The van der Waals surface area contributed by atoms with Crippen LogP contribution in [0.15, 0.2) is 53.5 Å². The van der Waals surface area contributed by atoms with Crippen LogP contribution in [0.3, 0.4) is 0 Å². The number of halogens is 1. The van der Waals surface area contributed by atoms with Crippen LogP contribution in [0, 0.1) is 6.92 Å². The van der Waals surface area contributed by atoms with Gasteiger partial charge in [-0.3, -0.25) is 4.99 Å². The summed E-state index contributed by atoms with van der Waals surface area (Å²) in [6.07, 6.45) is 0. The van der Waals surface area contributed by atoms with E-state index in [2.05, 4.69) is 24.0 Å². The van der Waals surface area contributed by atoms with Crippen molar-refractivity contribution in [1.29, 1.82) is 0 Å². The number of hydrogen-bond donors (Lipinski definition) is 0. The second-order valence-corrected chi connectivity index (χ2v) is 10.6. The first-order valence-corrected chi connectivity index (χ1v) is 12.1. The minimum absolute atomic E-state index is 0.0648. The fourth-order valence-electron chi connectivity index (χ4n) is 3.60. The van der Waals surface area contributed by atoms with Crippen molar-refractivity contribution in [2.45, 2.75) is 31.3 Å². The second kappa shape index (κ2) is 7.49. The van der Waals surface area contributed by atoms with Gasteiger partial charge in [0.1, 0.15) is 0 Å². The van der Waals surface area contributed by atoms with Gasteiger partial charge >= 0.3 is 0 Å². The van der Waals surface area contributed by atoms with Crippen LogP contribution < -0.4 is 0 Å². The summed E-state index contributed by atoms with van der Waals surface area (Å²) in [7, 11) is -3.01. The highest BCUT2D eigenvalue weighted by atomic mass is 35.5. The van der Waals surface area contributed by atoms with Crippen molar-refractivity contribution < 1.29 is 8.42 Å². The average molecular weight is 421 g/mol. The molecule has 2 aliphatic rings. The monoisotopic (exact) mass is 420 g/mol. The van der Waals surface area contributed by atoms with E-state index in [1.165, 1.54) is 11.1 Å². The number of fused-ring (bicyclic) bond motifs is 1. The lowest BCUT2D eigenvalue weighted by atomic mass is 10.1. The molecule has 2 aliphatic heterocycles. The molecule has 1 saturated heterocycles. The fourth-order valence-corrected chi connectivity index (χ4v) is 6.78. The highest BCUT2D eigenvalue weighted by Gasteiger charge is 2.46. The van der Waals surface area contributed by atoms with E-state index >= 15 is 0 Å². The molecule has 0 radical (unpaired) electrons. The van der Waals surface area contributed by atoms with Crippen LogP contribution in [0.1, 0.15) is 16.7 Å². The summed E-state index contributed by atoms with van der Waals surface area (Å²) in [5.41, 5.74) is 3.64. The van der Waals surface area contributed by atoms with Crippen LogP contribution in [0.2, 0.25) is 5.02 Å². The molecule has 2 unspecified atom stereocenters. The quantitative estimate of drug-likeness (QED) is 0.752. The molecule has 0 aromatic heterocycles. The van der Waals surface area contributed by atoms with Gasteiger partial charge in [-0.25, -0.2) is 8.42 Å². The minimum atomic E-state index is -3.01. The van der Waals surface area contributed by atoms with Crippen molar-refractivity contribution in [2.75, 3.05) is 11.5 Å². The Morgan fingerprint density at radius 2 is 1.89 bits per heavy atom. The summed E-state index contributed by atoms with van der Waals surface area (Å²) in [6, 6.07) is 15.8. The number of hydrogen-bond acceptors (Lipinski definition) is 5. The molecular weight excluding hydrogens is 400 g/mol. The number of nitrogens with zero attached hydrogens (tertiary/aromatic N) is 2. The van der Waals surface area contributed by atoms with E-state index < -0.39 is 9.84 Å². The number of benzene rings is 2. The Hall–Kier alpha value is -1.50. The van der Waals surface area contributed by atoms with Gasteiger partial charge in [-0.1, -0.05) is 59.8 Å². The molecule has 0 N–H and O–H groups in total. The van der Waals surface area contributed by atoms with E-state index in [1.54, 1.807) is 11.8 Å². The first-order chi connectivity index (χ1) is 12.9. The standard InChI is InChI=1S/C20H21ClN2O2S2/c1-14-4-2-3-5-16(14)11-26-20-22-18-12-27(24,25)13-19(18)23(20)10-15-6-8-17(21)9-7-15/h2-9,18-19H,10-13H2,1H3. The van der Waals surface area contributed by atoms with E-state index in [0.717, 1.165) is 16.5 Å². The van der Waals surface area contributed by atoms with E-state index in [0.29, 0.717) is 11.6 Å². The minimum Gasteiger partial charge on any atom is -0.341 e. The zero-order valence-corrected chi connectivity index (χ0v) is 17.4. The number of aliphatic imine (C=N–C) groups is 1. The smallest absolute Gasteiger partial charge is 0.160 e. The lowest BCUT2D eigenvalue weighted by molar-refractivity contribution is 0.343. The number of sulfone groups is 1. The molecular formula is C20H21ClN2O2S2. The summed E-state index contributed by atoms with van der Waals surface area (Å²) in [6.45, 7) is 2.76. The Bertz CT molecular complexity index is 974. The van der Waals surface area contributed by atoms with Gasteiger partial charge in [0.2, 0.25) is 0 Å². The summed E-state index contributed by atoms with van der Waals surface area (Å²) in [4.78, 5) is 6.95. The van der Waals surface area contributed by atoms with Crippen LogP contribution in [0.5, 0.6) is 0 Å². The molecule has 142 valence electrons. The van der Waals surface area contributed by atoms with Gasteiger partial charge in [-0.2, -0.15) is 0 Å². The normalized spacial score (nSPS) is 23.3. The molecule has 27 heavy (non-hydrogen) atoms. The zero-order valence-electron chi connectivity index (χ0n) is 15.0. The van der Waals surface area contributed by atoms with Crippen molar-refractivity contribution in [3.05, 3.63) is 70.2 Å². The van der Waals surface area contributed by atoms with Gasteiger partial charge in [0.05, 0.1) is 23.6 Å². The predicted molar refractivity (Wildman–Crippen MR) is 113 cm³/mol. The number of amidine groups is 1. The molecule has 2 aromatic rings. The maximum Gasteiger partial charge on any atom is 0.160 e. The van der Waals surface area contributed by atoms with E-state index in [-0.39, 0.29) is 23.6 Å². The fraction of sp³-hybridized carbons (Fsp3) is 0.350. The summed E-state index contributed by atoms with van der Waals surface area (Å²) in [5.74, 6) is 1.17. The van der Waals surface area contributed by atoms with Gasteiger partial charge in [0.15, 0.2) is 15.0 Å². The third kappa shape index (κ3) is 4.18. The molecule has 7 heteroatoms. The lowest BCUT2D eigenvalue weighted by Gasteiger charge is -2.26. The summed E-state index contributed by atoms with van der Waals surface area (Å²) in [5, 5.41) is 1.64. The van der Waals surface area contributed by atoms with Gasteiger partial charge in [-0.15, -0.1) is 0 Å². The molecule has 2 atom stereocenters. The van der Waals surface area contributed by atoms with Crippen LogP contribution >= 0.6 is 23.4 Å². The molecule has 4 rings (SSSR count). The topological polar surface area (TPSA) is 49.7 Å².